The summed E-state index contributed by atoms with van der Waals surface area (Å²) in [5.74, 6) is 6.02. The standard InChI is InChI=1S/C12H11BrO/c1-10-6-7-12(13)9-11(10)5-3-2-4-8-14/h6-9H,2,4H2,1H3. The van der Waals surface area contributed by atoms with E-state index in [1.165, 1.54) is 0 Å². The van der Waals surface area contributed by atoms with Crippen LogP contribution in [0.2, 0.25) is 0 Å². The second-order valence-electron chi connectivity index (χ2n) is 2.97. The predicted octanol–water partition coefficient (Wildman–Crippen LogP) is 3.09. The Morgan fingerprint density at radius 3 is 3.00 bits per heavy atom. The number of carbonyl (C=O) groups is 1. The third-order valence-corrected chi connectivity index (χ3v) is 2.30. The van der Waals surface area contributed by atoms with Gasteiger partial charge in [0.25, 0.3) is 0 Å². The van der Waals surface area contributed by atoms with Crippen LogP contribution in [0.4, 0.5) is 0 Å². The summed E-state index contributed by atoms with van der Waals surface area (Å²) in [5, 5.41) is 0. The number of aldehydes is 1. The third kappa shape index (κ3) is 3.35. The van der Waals surface area contributed by atoms with Gasteiger partial charge in [-0.05, 0) is 24.6 Å². The van der Waals surface area contributed by atoms with Crippen LogP contribution in [0.5, 0.6) is 0 Å². The molecule has 0 bridgehead atoms. The molecule has 0 saturated heterocycles. The van der Waals surface area contributed by atoms with Crippen molar-refractivity contribution < 1.29 is 4.79 Å². The number of hydrogen-bond donors (Lipinski definition) is 0. The van der Waals surface area contributed by atoms with Crippen LogP contribution in [0.15, 0.2) is 22.7 Å². The summed E-state index contributed by atoms with van der Waals surface area (Å²) < 4.78 is 1.03. The van der Waals surface area contributed by atoms with Crippen molar-refractivity contribution in [2.75, 3.05) is 0 Å². The van der Waals surface area contributed by atoms with Crippen molar-refractivity contribution in [3.05, 3.63) is 33.8 Å². The first-order valence-corrected chi connectivity index (χ1v) is 5.22. The molecule has 14 heavy (non-hydrogen) atoms. The zero-order valence-corrected chi connectivity index (χ0v) is 9.60. The van der Waals surface area contributed by atoms with Crippen molar-refractivity contribution in [2.45, 2.75) is 19.8 Å². The molecule has 1 aromatic carbocycles. The van der Waals surface area contributed by atoms with E-state index >= 15 is 0 Å². The van der Waals surface area contributed by atoms with Gasteiger partial charge in [-0.2, -0.15) is 0 Å². The second kappa shape index (κ2) is 5.62. The van der Waals surface area contributed by atoms with Crippen LogP contribution >= 0.6 is 15.9 Å². The van der Waals surface area contributed by atoms with Crippen LogP contribution in [-0.2, 0) is 4.79 Å². The van der Waals surface area contributed by atoms with Gasteiger partial charge in [-0.15, -0.1) is 0 Å². The van der Waals surface area contributed by atoms with Gasteiger partial charge in [0, 0.05) is 22.9 Å². The van der Waals surface area contributed by atoms with E-state index in [1.54, 1.807) is 0 Å². The van der Waals surface area contributed by atoms with Gasteiger partial charge in [-0.1, -0.05) is 33.8 Å². The Morgan fingerprint density at radius 2 is 2.29 bits per heavy atom. The quantitative estimate of drug-likeness (QED) is 0.448. The average Bonchev–Trinajstić information content (AvgIpc) is 2.18. The predicted molar refractivity (Wildman–Crippen MR) is 61.1 cm³/mol. The molecular formula is C12H11BrO. The molecule has 72 valence electrons. The van der Waals surface area contributed by atoms with Gasteiger partial charge in [0.05, 0.1) is 0 Å². The molecule has 1 nitrogen and oxygen atoms in total. The minimum Gasteiger partial charge on any atom is -0.303 e. The Bertz CT molecular complexity index is 385. The van der Waals surface area contributed by atoms with Crippen LogP contribution in [0.25, 0.3) is 0 Å². The van der Waals surface area contributed by atoms with Crippen LogP contribution in [0.3, 0.4) is 0 Å². The number of hydrogen-bond acceptors (Lipinski definition) is 1. The number of unbranched alkanes of at least 4 members (excludes halogenated alkanes) is 1. The summed E-state index contributed by atoms with van der Waals surface area (Å²) in [4.78, 5) is 10.1. The molecule has 0 spiro atoms. The lowest BCUT2D eigenvalue weighted by atomic mass is 10.1. The molecule has 0 saturated carbocycles. The summed E-state index contributed by atoms with van der Waals surface area (Å²) in [6.45, 7) is 2.02. The van der Waals surface area contributed by atoms with Crippen molar-refractivity contribution in [1.82, 2.24) is 0 Å². The maximum Gasteiger partial charge on any atom is 0.120 e. The Hall–Kier alpha value is -1.07. The van der Waals surface area contributed by atoms with Gasteiger partial charge >= 0.3 is 0 Å². The number of carbonyl (C=O) groups excluding carboxylic acids is 1. The maximum atomic E-state index is 10.1. The molecule has 0 aliphatic carbocycles. The van der Waals surface area contributed by atoms with Crippen molar-refractivity contribution >= 4 is 22.2 Å². The average molecular weight is 251 g/mol. The lowest BCUT2D eigenvalue weighted by Crippen LogP contribution is -1.81. The summed E-state index contributed by atoms with van der Waals surface area (Å²) in [6.07, 6.45) is 2.04. The lowest BCUT2D eigenvalue weighted by molar-refractivity contribution is -0.107. The smallest absolute Gasteiger partial charge is 0.120 e. The molecular weight excluding hydrogens is 240 g/mol. The van der Waals surface area contributed by atoms with Crippen LogP contribution in [0.1, 0.15) is 24.0 Å². The molecule has 0 atom stereocenters. The third-order valence-electron chi connectivity index (χ3n) is 1.81. The molecule has 0 fully saturated rings. The van der Waals surface area contributed by atoms with Gasteiger partial charge in [0.1, 0.15) is 6.29 Å². The van der Waals surface area contributed by atoms with Crippen LogP contribution in [0, 0.1) is 18.8 Å². The number of aryl methyl sites for hydroxylation is 1. The van der Waals surface area contributed by atoms with Gasteiger partial charge in [0.2, 0.25) is 0 Å². The fraction of sp³-hybridized carbons (Fsp3) is 0.250. The van der Waals surface area contributed by atoms with E-state index in [0.29, 0.717) is 12.8 Å². The molecule has 0 N–H and O–H groups in total. The van der Waals surface area contributed by atoms with Gasteiger partial charge in [-0.25, -0.2) is 0 Å². The van der Waals surface area contributed by atoms with Crippen molar-refractivity contribution in [3.8, 4) is 11.8 Å². The molecule has 2 heteroatoms. The Morgan fingerprint density at radius 1 is 1.50 bits per heavy atom. The van der Waals surface area contributed by atoms with Crippen molar-refractivity contribution in [3.63, 3.8) is 0 Å². The topological polar surface area (TPSA) is 17.1 Å². The molecule has 0 amide bonds. The van der Waals surface area contributed by atoms with E-state index in [1.807, 2.05) is 25.1 Å². The monoisotopic (exact) mass is 250 g/mol. The Kier molecular flexibility index (Phi) is 4.42. The van der Waals surface area contributed by atoms with Gasteiger partial charge in [0.15, 0.2) is 0 Å². The van der Waals surface area contributed by atoms with Crippen LogP contribution in [-0.4, -0.2) is 6.29 Å². The molecule has 1 aromatic rings. The lowest BCUT2D eigenvalue weighted by Gasteiger charge is -1.97. The molecule has 1 rings (SSSR count). The highest BCUT2D eigenvalue weighted by atomic mass is 79.9. The molecule has 0 radical (unpaired) electrons. The Balaban J connectivity index is 2.77. The van der Waals surface area contributed by atoms with E-state index in [4.69, 9.17) is 0 Å². The van der Waals surface area contributed by atoms with Crippen molar-refractivity contribution in [2.24, 2.45) is 0 Å². The van der Waals surface area contributed by atoms with Gasteiger partial charge < -0.3 is 4.79 Å². The summed E-state index contributed by atoms with van der Waals surface area (Å²) in [6, 6.07) is 6.00. The minimum atomic E-state index is 0.514. The maximum absolute atomic E-state index is 10.1. The highest BCUT2D eigenvalue weighted by Crippen LogP contribution is 2.14. The highest BCUT2D eigenvalue weighted by Gasteiger charge is 1.94. The van der Waals surface area contributed by atoms with E-state index in [2.05, 4.69) is 27.8 Å². The first kappa shape index (κ1) is 11.0. The van der Waals surface area contributed by atoms with E-state index < -0.39 is 0 Å². The molecule has 0 aromatic heterocycles. The minimum absolute atomic E-state index is 0.514. The second-order valence-corrected chi connectivity index (χ2v) is 3.88. The Labute approximate surface area is 92.6 Å². The van der Waals surface area contributed by atoms with Gasteiger partial charge in [-0.3, -0.25) is 0 Å². The fourth-order valence-electron chi connectivity index (χ4n) is 1.02. The fourth-order valence-corrected chi connectivity index (χ4v) is 1.38. The number of halogens is 1. The molecule has 0 unspecified atom stereocenters. The first-order chi connectivity index (χ1) is 6.74. The zero-order valence-electron chi connectivity index (χ0n) is 8.01. The molecule has 0 aliphatic heterocycles. The zero-order chi connectivity index (χ0) is 10.4. The van der Waals surface area contributed by atoms with E-state index in [9.17, 15) is 4.79 Å². The normalized spacial score (nSPS) is 9.00. The summed E-state index contributed by atoms with van der Waals surface area (Å²) >= 11 is 3.39. The summed E-state index contributed by atoms with van der Waals surface area (Å²) in [7, 11) is 0. The number of rotatable bonds is 2. The van der Waals surface area contributed by atoms with E-state index in [0.717, 1.165) is 21.9 Å². The van der Waals surface area contributed by atoms with E-state index in [-0.39, 0.29) is 0 Å². The highest BCUT2D eigenvalue weighted by molar-refractivity contribution is 9.10. The SMILES string of the molecule is Cc1ccc(Br)cc1C#CCCC=O. The molecule has 0 heterocycles. The largest absolute Gasteiger partial charge is 0.303 e. The first-order valence-electron chi connectivity index (χ1n) is 4.42. The van der Waals surface area contributed by atoms with Crippen LogP contribution < -0.4 is 0 Å². The summed E-state index contributed by atoms with van der Waals surface area (Å²) in [5.41, 5.74) is 2.18. The molecule has 0 aliphatic rings. The number of benzene rings is 1. The van der Waals surface area contributed by atoms with Crippen molar-refractivity contribution in [1.29, 1.82) is 0 Å².